The minimum atomic E-state index is -0.372. The van der Waals surface area contributed by atoms with Crippen LogP contribution in [0.3, 0.4) is 0 Å². The monoisotopic (exact) mass is 457 g/mol. The smallest absolute Gasteiger partial charge is 0.240 e. The Labute approximate surface area is 200 Å². The molecule has 1 N–H and O–H groups in total. The summed E-state index contributed by atoms with van der Waals surface area (Å²) in [6.45, 7) is 2.31. The van der Waals surface area contributed by atoms with Crippen molar-refractivity contribution in [3.8, 4) is 0 Å². The summed E-state index contributed by atoms with van der Waals surface area (Å²) in [5.74, 6) is 0.284. The van der Waals surface area contributed by atoms with Crippen molar-refractivity contribution in [2.75, 3.05) is 25.0 Å². The summed E-state index contributed by atoms with van der Waals surface area (Å²) in [4.78, 5) is 18.6. The van der Waals surface area contributed by atoms with Crippen LogP contribution in [0, 0.1) is 0 Å². The summed E-state index contributed by atoms with van der Waals surface area (Å²) < 4.78 is 12.9. The van der Waals surface area contributed by atoms with E-state index in [0.29, 0.717) is 0 Å². The van der Waals surface area contributed by atoms with Crippen LogP contribution in [0.1, 0.15) is 36.8 Å². The Kier molecular flexibility index (Phi) is 3.99. The number of benzene rings is 2. The number of carbonyl (C=O) groups is 1. The number of hydrogen-bond acceptors (Lipinski definition) is 5. The van der Waals surface area contributed by atoms with Gasteiger partial charge in [-0.25, -0.2) is 0 Å². The fourth-order valence-electron chi connectivity index (χ4n) is 8.46. The van der Waals surface area contributed by atoms with Crippen LogP contribution < -0.4 is 5.32 Å². The molecule has 7 atom stereocenters. The molecular formula is C28H31N3O3. The summed E-state index contributed by atoms with van der Waals surface area (Å²) in [7, 11) is 0. The van der Waals surface area contributed by atoms with Crippen LogP contribution in [-0.2, 0) is 26.3 Å². The zero-order valence-electron chi connectivity index (χ0n) is 19.4. The molecule has 1 amide bonds. The minimum Gasteiger partial charge on any atom is -0.377 e. The Hall–Kier alpha value is -2.41. The molecule has 0 saturated carbocycles. The lowest BCUT2D eigenvalue weighted by atomic mass is 9.64. The number of rotatable bonds is 5. The third-order valence-corrected chi connectivity index (χ3v) is 9.65. The van der Waals surface area contributed by atoms with Gasteiger partial charge in [-0.2, -0.15) is 0 Å². The zero-order valence-corrected chi connectivity index (χ0v) is 19.4. The normalized spacial score (nSPS) is 41.1. The number of aryl methyl sites for hydroxylation is 1. The molecule has 6 aliphatic rings. The number of piperazine rings is 1. The molecule has 2 aromatic rings. The molecule has 5 saturated heterocycles. The van der Waals surface area contributed by atoms with Gasteiger partial charge in [0.2, 0.25) is 5.91 Å². The lowest BCUT2D eigenvalue weighted by molar-refractivity contribution is -0.282. The third-order valence-electron chi connectivity index (χ3n) is 9.65. The molecule has 6 nitrogen and oxygen atoms in total. The summed E-state index contributed by atoms with van der Waals surface area (Å²) in [5.41, 5.74) is 3.35. The van der Waals surface area contributed by atoms with Crippen molar-refractivity contribution < 1.29 is 14.3 Å². The van der Waals surface area contributed by atoms with Crippen molar-refractivity contribution in [2.45, 2.75) is 73.6 Å². The molecule has 6 heteroatoms. The van der Waals surface area contributed by atoms with Gasteiger partial charge in [0.1, 0.15) is 5.60 Å². The molecule has 0 aliphatic carbocycles. The van der Waals surface area contributed by atoms with E-state index in [9.17, 15) is 4.79 Å². The highest BCUT2D eigenvalue weighted by Gasteiger charge is 2.86. The Balaban J connectivity index is 1.21. The third kappa shape index (κ3) is 2.25. The Morgan fingerprint density at radius 3 is 2.79 bits per heavy atom. The predicted molar refractivity (Wildman–Crippen MR) is 127 cm³/mol. The van der Waals surface area contributed by atoms with Crippen molar-refractivity contribution in [3.05, 3.63) is 65.7 Å². The summed E-state index contributed by atoms with van der Waals surface area (Å²) in [6.07, 6.45) is 5.28. The largest absolute Gasteiger partial charge is 0.377 e. The molecule has 8 rings (SSSR count). The second-order valence-electron chi connectivity index (χ2n) is 11.0. The number of nitrogens with one attached hydrogen (secondary N) is 1. The van der Waals surface area contributed by atoms with Gasteiger partial charge < -0.3 is 19.7 Å². The van der Waals surface area contributed by atoms with Crippen molar-refractivity contribution in [1.82, 2.24) is 9.80 Å². The maximum absolute atomic E-state index is 13.8. The maximum atomic E-state index is 13.8. The van der Waals surface area contributed by atoms with Crippen molar-refractivity contribution >= 4 is 11.6 Å². The SMILES string of the molecule is O=C1[C@@H]2CC3OC45c6ccccc6NC4[C@H](CN1CC1CCCO1)N2C35CCc1ccccc1. The maximum Gasteiger partial charge on any atom is 0.240 e. The number of nitrogens with zero attached hydrogens (tertiary/aromatic N) is 2. The Morgan fingerprint density at radius 1 is 1.09 bits per heavy atom. The highest BCUT2D eigenvalue weighted by molar-refractivity contribution is 5.85. The molecular weight excluding hydrogens is 426 g/mol. The van der Waals surface area contributed by atoms with Crippen LogP contribution in [0.5, 0.6) is 0 Å². The minimum absolute atomic E-state index is 0.0835. The van der Waals surface area contributed by atoms with Crippen LogP contribution in [-0.4, -0.2) is 71.3 Å². The first kappa shape index (κ1) is 19.8. The van der Waals surface area contributed by atoms with Gasteiger partial charge in [-0.1, -0.05) is 48.5 Å². The highest BCUT2D eigenvalue weighted by Crippen LogP contribution is 2.72. The fraction of sp³-hybridized carbons (Fsp3) is 0.536. The van der Waals surface area contributed by atoms with Crippen LogP contribution in [0.2, 0.25) is 0 Å². The fourth-order valence-corrected chi connectivity index (χ4v) is 8.46. The van der Waals surface area contributed by atoms with Gasteiger partial charge in [0, 0.05) is 37.4 Å². The first-order valence-corrected chi connectivity index (χ1v) is 13.0. The van der Waals surface area contributed by atoms with E-state index in [1.54, 1.807) is 0 Å². The average Bonchev–Trinajstić information content (AvgIpc) is 3.57. The second-order valence-corrected chi connectivity index (χ2v) is 11.0. The van der Waals surface area contributed by atoms with Crippen LogP contribution in [0.25, 0.3) is 0 Å². The molecule has 176 valence electrons. The van der Waals surface area contributed by atoms with Gasteiger partial charge in [-0.05, 0) is 37.3 Å². The van der Waals surface area contributed by atoms with Gasteiger partial charge in [0.15, 0.2) is 0 Å². The molecule has 34 heavy (non-hydrogen) atoms. The lowest BCUT2D eigenvalue weighted by Crippen LogP contribution is -2.73. The van der Waals surface area contributed by atoms with Gasteiger partial charge in [-0.3, -0.25) is 9.69 Å². The molecule has 0 radical (unpaired) electrons. The predicted octanol–water partition coefficient (Wildman–Crippen LogP) is 2.92. The number of ether oxygens (including phenoxy) is 2. The van der Waals surface area contributed by atoms with E-state index < -0.39 is 0 Å². The average molecular weight is 458 g/mol. The second kappa shape index (κ2) is 6.84. The number of amides is 1. The van der Waals surface area contributed by atoms with E-state index >= 15 is 0 Å². The zero-order chi connectivity index (χ0) is 22.5. The van der Waals surface area contributed by atoms with Gasteiger partial charge in [-0.15, -0.1) is 0 Å². The first-order chi connectivity index (χ1) is 16.7. The van der Waals surface area contributed by atoms with E-state index in [1.165, 1.54) is 16.8 Å². The van der Waals surface area contributed by atoms with Gasteiger partial charge in [0.25, 0.3) is 0 Å². The van der Waals surface area contributed by atoms with E-state index in [-0.39, 0.29) is 47.4 Å². The highest BCUT2D eigenvalue weighted by atomic mass is 16.6. The number of carbonyl (C=O) groups excluding carboxylic acids is 1. The molecule has 6 aliphatic heterocycles. The first-order valence-electron chi connectivity index (χ1n) is 13.0. The van der Waals surface area contributed by atoms with Crippen LogP contribution in [0.15, 0.2) is 54.6 Å². The number of hydrogen-bond donors (Lipinski definition) is 1. The number of para-hydroxylation sites is 1. The molecule has 2 aromatic carbocycles. The van der Waals surface area contributed by atoms with Crippen molar-refractivity contribution in [1.29, 1.82) is 0 Å². The Morgan fingerprint density at radius 2 is 1.94 bits per heavy atom. The van der Waals surface area contributed by atoms with Crippen LogP contribution >= 0.6 is 0 Å². The summed E-state index contributed by atoms with van der Waals surface area (Å²) in [6, 6.07) is 19.8. The molecule has 5 unspecified atom stereocenters. The van der Waals surface area contributed by atoms with Crippen molar-refractivity contribution in [3.63, 3.8) is 0 Å². The quantitative estimate of drug-likeness (QED) is 0.748. The van der Waals surface area contributed by atoms with Gasteiger partial charge >= 0.3 is 0 Å². The van der Waals surface area contributed by atoms with Gasteiger partial charge in [0.05, 0.1) is 35.9 Å². The van der Waals surface area contributed by atoms with E-state index in [4.69, 9.17) is 9.47 Å². The lowest BCUT2D eigenvalue weighted by Gasteiger charge is -2.59. The number of fused-ring (bicyclic) bond motifs is 2. The van der Waals surface area contributed by atoms with Crippen molar-refractivity contribution in [2.24, 2.45) is 0 Å². The molecule has 6 heterocycles. The Bertz CT molecular complexity index is 1150. The van der Waals surface area contributed by atoms with E-state index in [1.807, 2.05) is 0 Å². The van der Waals surface area contributed by atoms with E-state index in [2.05, 4.69) is 69.7 Å². The van der Waals surface area contributed by atoms with E-state index in [0.717, 1.165) is 51.8 Å². The molecule has 5 fully saturated rings. The van der Waals surface area contributed by atoms with Crippen LogP contribution in [0.4, 0.5) is 5.69 Å². The summed E-state index contributed by atoms with van der Waals surface area (Å²) in [5, 5.41) is 3.87. The topological polar surface area (TPSA) is 54.0 Å². The molecule has 0 bridgehead atoms. The summed E-state index contributed by atoms with van der Waals surface area (Å²) >= 11 is 0. The molecule has 1 spiro atoms. The number of anilines is 1. The molecule has 0 aromatic heterocycles. The standard InChI is InChI=1S/C28H31N3O3/c32-26-22-15-24-27(13-12-18-7-2-1-3-8-18)28(34-24)20-10-4-5-11-21(20)29-25(28)23(31(22)27)17-30(26)16-19-9-6-14-33-19/h1-5,7-8,10-11,19,22-25,29H,6,9,12-17H2/t19?,22-,23-,24?,25?,27?,28?/m0/s1.